The van der Waals surface area contributed by atoms with Gasteiger partial charge >= 0.3 is 5.69 Å². The van der Waals surface area contributed by atoms with Gasteiger partial charge in [0.05, 0.1) is 21.7 Å². The average Bonchev–Trinajstić information content (AvgIpc) is 2.95. The molecule has 3 aromatic rings. The van der Waals surface area contributed by atoms with Crippen LogP contribution in [0.2, 0.25) is 0 Å². The van der Waals surface area contributed by atoms with E-state index >= 15 is 0 Å². The van der Waals surface area contributed by atoms with Gasteiger partial charge in [0.15, 0.2) is 0 Å². The minimum Gasteiger partial charge on any atom is -0.318 e. The molecule has 28 heavy (non-hydrogen) atoms. The number of nitro groups is 2. The summed E-state index contributed by atoms with van der Waals surface area (Å²) in [6.07, 6.45) is 2.95. The van der Waals surface area contributed by atoms with Gasteiger partial charge in [-0.05, 0) is 32.0 Å². The number of nitrogens with one attached hydrogen (secondary N) is 1. The van der Waals surface area contributed by atoms with Crippen molar-refractivity contribution in [2.24, 2.45) is 5.10 Å². The molecule has 1 N–H and O–H groups in total. The van der Waals surface area contributed by atoms with Crippen molar-refractivity contribution < 1.29 is 9.85 Å². The summed E-state index contributed by atoms with van der Waals surface area (Å²) in [5, 5.41) is 26.1. The Labute approximate surface area is 159 Å². The molecule has 10 heteroatoms. The molecule has 0 radical (unpaired) electrons. The molecule has 0 fully saturated rings. The summed E-state index contributed by atoms with van der Waals surface area (Å²) in [6, 6.07) is 11.0. The first kappa shape index (κ1) is 18.7. The number of nitrogens with zero attached hydrogens (tertiary/aromatic N) is 5. The Kier molecular flexibility index (Phi) is 5.12. The summed E-state index contributed by atoms with van der Waals surface area (Å²) in [5.74, 6) is 0.0382. The number of nitro benzene ring substituents is 1. The van der Waals surface area contributed by atoms with Gasteiger partial charge < -0.3 is 4.57 Å². The van der Waals surface area contributed by atoms with Crippen molar-refractivity contribution in [1.82, 2.24) is 9.55 Å². The van der Waals surface area contributed by atoms with Gasteiger partial charge in [0.1, 0.15) is 0 Å². The molecule has 3 rings (SSSR count). The summed E-state index contributed by atoms with van der Waals surface area (Å²) in [4.78, 5) is 25.0. The molecule has 2 aromatic heterocycles. The van der Waals surface area contributed by atoms with E-state index < -0.39 is 9.85 Å². The summed E-state index contributed by atoms with van der Waals surface area (Å²) in [5.41, 5.74) is 5.51. The van der Waals surface area contributed by atoms with Gasteiger partial charge in [-0.2, -0.15) is 5.10 Å². The number of aromatic nitrogens is 2. The fourth-order valence-corrected chi connectivity index (χ4v) is 2.85. The highest BCUT2D eigenvalue weighted by atomic mass is 16.6. The number of pyridine rings is 1. The van der Waals surface area contributed by atoms with Crippen LogP contribution >= 0.6 is 0 Å². The smallest absolute Gasteiger partial charge is 0.313 e. The van der Waals surface area contributed by atoms with Crippen molar-refractivity contribution in [3.8, 4) is 5.69 Å². The van der Waals surface area contributed by atoms with Gasteiger partial charge in [-0.3, -0.25) is 25.7 Å². The van der Waals surface area contributed by atoms with Crippen LogP contribution in [0.4, 0.5) is 17.2 Å². The minimum absolute atomic E-state index is 0.00402. The van der Waals surface area contributed by atoms with E-state index in [1.54, 1.807) is 12.1 Å². The molecule has 142 valence electrons. The predicted octanol–water partition coefficient (Wildman–Crippen LogP) is 3.75. The number of benzene rings is 1. The zero-order valence-electron chi connectivity index (χ0n) is 15.1. The molecule has 2 heterocycles. The second-order valence-electron chi connectivity index (χ2n) is 5.94. The van der Waals surface area contributed by atoms with E-state index in [9.17, 15) is 20.2 Å². The van der Waals surface area contributed by atoms with E-state index in [1.807, 2.05) is 24.5 Å². The van der Waals surface area contributed by atoms with Crippen LogP contribution in [-0.4, -0.2) is 25.6 Å². The molecule has 0 unspecified atom stereocenters. The topological polar surface area (TPSA) is 128 Å². The van der Waals surface area contributed by atoms with E-state index in [-0.39, 0.29) is 17.2 Å². The number of hydrogen-bond acceptors (Lipinski definition) is 7. The van der Waals surface area contributed by atoms with Crippen LogP contribution in [-0.2, 0) is 0 Å². The summed E-state index contributed by atoms with van der Waals surface area (Å²) in [6.45, 7) is 3.73. The largest absolute Gasteiger partial charge is 0.318 e. The minimum atomic E-state index is -0.543. The molecule has 0 saturated carbocycles. The maximum Gasteiger partial charge on any atom is 0.313 e. The Morgan fingerprint density at radius 2 is 1.89 bits per heavy atom. The van der Waals surface area contributed by atoms with Crippen LogP contribution in [0.3, 0.4) is 0 Å². The monoisotopic (exact) mass is 380 g/mol. The fourth-order valence-electron chi connectivity index (χ4n) is 2.85. The van der Waals surface area contributed by atoms with Gasteiger partial charge in [0, 0.05) is 41.3 Å². The highest BCUT2D eigenvalue weighted by Gasteiger charge is 2.14. The number of anilines is 1. The Bertz CT molecular complexity index is 1090. The third-order valence-corrected chi connectivity index (χ3v) is 4.13. The quantitative estimate of drug-likeness (QED) is 0.394. The molecule has 0 aliphatic heterocycles. The number of rotatable bonds is 6. The summed E-state index contributed by atoms with van der Waals surface area (Å²) >= 11 is 0. The molecule has 0 aliphatic rings. The van der Waals surface area contributed by atoms with Crippen molar-refractivity contribution in [2.45, 2.75) is 13.8 Å². The molecular weight excluding hydrogens is 364 g/mol. The lowest BCUT2D eigenvalue weighted by molar-refractivity contribution is -0.384. The fraction of sp³-hybridized carbons (Fsp3) is 0.111. The second kappa shape index (κ2) is 7.66. The molecule has 0 aliphatic carbocycles. The molecule has 1 aromatic carbocycles. The first-order valence-electron chi connectivity index (χ1n) is 8.20. The first-order chi connectivity index (χ1) is 13.4. The second-order valence-corrected chi connectivity index (χ2v) is 5.94. The van der Waals surface area contributed by atoms with Crippen LogP contribution in [0.25, 0.3) is 5.69 Å². The van der Waals surface area contributed by atoms with E-state index in [0.717, 1.165) is 17.0 Å². The van der Waals surface area contributed by atoms with Gasteiger partial charge in [0.2, 0.25) is 5.82 Å². The molecule has 0 bridgehead atoms. The highest BCUT2D eigenvalue weighted by molar-refractivity contribution is 5.83. The molecule has 0 saturated heterocycles. The highest BCUT2D eigenvalue weighted by Crippen LogP contribution is 2.23. The van der Waals surface area contributed by atoms with Crippen molar-refractivity contribution >= 4 is 23.4 Å². The van der Waals surface area contributed by atoms with Crippen molar-refractivity contribution in [3.05, 3.63) is 85.8 Å². The third-order valence-electron chi connectivity index (χ3n) is 4.13. The maximum atomic E-state index is 11.0. The Hall–Kier alpha value is -4.08. The van der Waals surface area contributed by atoms with E-state index in [0.29, 0.717) is 5.69 Å². The lowest BCUT2D eigenvalue weighted by Crippen LogP contribution is -2.01. The molecule has 0 spiro atoms. The van der Waals surface area contributed by atoms with Crippen molar-refractivity contribution in [1.29, 1.82) is 0 Å². The molecular formula is C18H16N6O4. The lowest BCUT2D eigenvalue weighted by Gasteiger charge is -2.09. The third kappa shape index (κ3) is 3.70. The van der Waals surface area contributed by atoms with Gasteiger partial charge in [0.25, 0.3) is 5.69 Å². The Morgan fingerprint density at radius 3 is 2.61 bits per heavy atom. The van der Waals surface area contributed by atoms with Gasteiger partial charge in [-0.1, -0.05) is 6.07 Å². The SMILES string of the molecule is Cc1cc(/C=N\Nc2ncccc2[N+](=O)[O-])c(C)n1-c1cccc([N+](=O)[O-])c1. The molecule has 0 amide bonds. The number of aryl methyl sites for hydroxylation is 1. The summed E-state index contributed by atoms with van der Waals surface area (Å²) < 4.78 is 1.87. The van der Waals surface area contributed by atoms with E-state index in [2.05, 4.69) is 15.5 Å². The van der Waals surface area contributed by atoms with Crippen molar-refractivity contribution in [2.75, 3.05) is 5.43 Å². The van der Waals surface area contributed by atoms with Crippen LogP contribution < -0.4 is 5.43 Å². The van der Waals surface area contributed by atoms with E-state index in [1.165, 1.54) is 36.7 Å². The lowest BCUT2D eigenvalue weighted by atomic mass is 10.2. The zero-order valence-corrected chi connectivity index (χ0v) is 15.1. The summed E-state index contributed by atoms with van der Waals surface area (Å²) in [7, 11) is 0. The molecule has 10 nitrogen and oxygen atoms in total. The number of hydrazone groups is 1. The van der Waals surface area contributed by atoms with Crippen LogP contribution in [0.5, 0.6) is 0 Å². The van der Waals surface area contributed by atoms with Crippen LogP contribution in [0.15, 0.2) is 53.8 Å². The van der Waals surface area contributed by atoms with Crippen molar-refractivity contribution in [3.63, 3.8) is 0 Å². The van der Waals surface area contributed by atoms with Crippen LogP contribution in [0, 0.1) is 34.1 Å². The molecule has 0 atom stereocenters. The van der Waals surface area contributed by atoms with E-state index in [4.69, 9.17) is 0 Å². The predicted molar refractivity (Wildman–Crippen MR) is 104 cm³/mol. The zero-order chi connectivity index (χ0) is 20.3. The first-order valence-corrected chi connectivity index (χ1v) is 8.20. The normalized spacial score (nSPS) is 10.9. The van der Waals surface area contributed by atoms with Gasteiger partial charge in [-0.15, -0.1) is 0 Å². The number of non-ortho nitro benzene ring substituents is 1. The Balaban J connectivity index is 1.89. The maximum absolute atomic E-state index is 11.0. The Morgan fingerprint density at radius 1 is 1.11 bits per heavy atom. The van der Waals surface area contributed by atoms with Crippen LogP contribution in [0.1, 0.15) is 17.0 Å². The average molecular weight is 380 g/mol. The van der Waals surface area contributed by atoms with Gasteiger partial charge in [-0.25, -0.2) is 4.98 Å². The number of hydrogen-bond donors (Lipinski definition) is 1. The standard InChI is InChI=1S/C18H16N6O4/c1-12-9-14(11-20-21-18-17(24(27)28)7-4-8-19-18)13(2)22(12)15-5-3-6-16(10-15)23(25)26/h3-11H,1-2H3,(H,19,21)/b20-11-.